The molecule has 1 aliphatic carbocycles. The Balaban J connectivity index is 1.49. The van der Waals surface area contributed by atoms with Crippen LogP contribution in [0, 0.1) is 5.92 Å². The van der Waals surface area contributed by atoms with Gasteiger partial charge in [-0.3, -0.25) is 9.59 Å². The monoisotopic (exact) mass is 340 g/mol. The van der Waals surface area contributed by atoms with Crippen molar-refractivity contribution in [1.29, 1.82) is 0 Å². The van der Waals surface area contributed by atoms with E-state index in [1.807, 2.05) is 29.2 Å². The van der Waals surface area contributed by atoms with Crippen LogP contribution in [-0.4, -0.2) is 35.8 Å². The fourth-order valence-corrected chi connectivity index (χ4v) is 4.91. The number of hydrogen-bond acceptors (Lipinski definition) is 2. The average Bonchev–Trinajstić information content (AvgIpc) is 2.67. The minimum Gasteiger partial charge on any atom is -0.335 e. The van der Waals surface area contributed by atoms with Gasteiger partial charge in [0.25, 0.3) is 5.91 Å². The van der Waals surface area contributed by atoms with Crippen LogP contribution in [0.1, 0.15) is 68.1 Å². The minimum atomic E-state index is 0.174. The SMILES string of the molecule is O=C1CCCCN1c1ccc(C(=O)N2CCC[C@H]3CCCC[C@@H]32)cc1. The first-order valence-corrected chi connectivity index (χ1v) is 9.95. The van der Waals surface area contributed by atoms with E-state index >= 15 is 0 Å². The molecule has 1 aromatic rings. The van der Waals surface area contributed by atoms with Gasteiger partial charge in [-0.05, 0) is 68.7 Å². The first-order valence-electron chi connectivity index (χ1n) is 9.95. The fourth-order valence-electron chi connectivity index (χ4n) is 4.91. The topological polar surface area (TPSA) is 40.6 Å². The van der Waals surface area contributed by atoms with Gasteiger partial charge in [0.15, 0.2) is 0 Å². The minimum absolute atomic E-state index is 0.174. The molecule has 2 amide bonds. The number of carbonyl (C=O) groups is 2. The Morgan fingerprint density at radius 1 is 0.880 bits per heavy atom. The Bertz CT molecular complexity index is 638. The molecule has 0 radical (unpaired) electrons. The van der Waals surface area contributed by atoms with Crippen LogP contribution in [0.5, 0.6) is 0 Å². The highest BCUT2D eigenvalue weighted by atomic mass is 16.2. The fraction of sp³-hybridized carbons (Fsp3) is 0.619. The normalized spacial score (nSPS) is 27.1. The third-order valence-corrected chi connectivity index (χ3v) is 6.25. The van der Waals surface area contributed by atoms with Crippen LogP contribution in [0.2, 0.25) is 0 Å². The molecule has 2 aliphatic heterocycles. The van der Waals surface area contributed by atoms with Crippen molar-refractivity contribution in [3.63, 3.8) is 0 Å². The Labute approximate surface area is 150 Å². The van der Waals surface area contributed by atoms with E-state index < -0.39 is 0 Å². The number of rotatable bonds is 2. The van der Waals surface area contributed by atoms with Crippen LogP contribution in [0.15, 0.2) is 24.3 Å². The molecule has 1 aromatic carbocycles. The van der Waals surface area contributed by atoms with Gasteiger partial charge in [-0.25, -0.2) is 0 Å². The molecule has 4 heteroatoms. The van der Waals surface area contributed by atoms with E-state index in [9.17, 15) is 9.59 Å². The number of nitrogens with zero attached hydrogens (tertiary/aromatic N) is 2. The zero-order valence-corrected chi connectivity index (χ0v) is 15.0. The second kappa shape index (κ2) is 7.19. The van der Waals surface area contributed by atoms with Crippen molar-refractivity contribution in [2.24, 2.45) is 5.92 Å². The van der Waals surface area contributed by atoms with Crippen LogP contribution in [0.4, 0.5) is 5.69 Å². The summed E-state index contributed by atoms with van der Waals surface area (Å²) >= 11 is 0. The smallest absolute Gasteiger partial charge is 0.254 e. The summed E-state index contributed by atoms with van der Waals surface area (Å²) in [7, 11) is 0. The van der Waals surface area contributed by atoms with E-state index in [1.54, 1.807) is 0 Å². The van der Waals surface area contributed by atoms with Crippen LogP contribution in [0.25, 0.3) is 0 Å². The summed E-state index contributed by atoms with van der Waals surface area (Å²) in [6, 6.07) is 8.15. The molecule has 0 unspecified atom stereocenters. The highest BCUT2D eigenvalue weighted by Gasteiger charge is 2.36. The molecular formula is C21H28N2O2. The molecule has 0 spiro atoms. The molecule has 0 bridgehead atoms. The van der Waals surface area contributed by atoms with Gasteiger partial charge in [-0.1, -0.05) is 12.8 Å². The van der Waals surface area contributed by atoms with Gasteiger partial charge in [-0.2, -0.15) is 0 Å². The summed E-state index contributed by atoms with van der Waals surface area (Å²) in [6.45, 7) is 1.69. The van der Waals surface area contributed by atoms with Crippen LogP contribution in [0.3, 0.4) is 0 Å². The number of benzene rings is 1. The summed E-state index contributed by atoms with van der Waals surface area (Å²) in [4.78, 5) is 29.1. The number of likely N-dealkylation sites (tertiary alicyclic amines) is 1. The number of carbonyl (C=O) groups excluding carboxylic acids is 2. The molecule has 2 heterocycles. The molecule has 3 fully saturated rings. The molecule has 25 heavy (non-hydrogen) atoms. The van der Waals surface area contributed by atoms with Crippen molar-refractivity contribution in [2.75, 3.05) is 18.0 Å². The third-order valence-electron chi connectivity index (χ3n) is 6.25. The molecule has 0 N–H and O–H groups in total. The molecule has 2 saturated heterocycles. The first kappa shape index (κ1) is 16.6. The number of hydrogen-bond donors (Lipinski definition) is 0. The second-order valence-electron chi connectivity index (χ2n) is 7.80. The summed E-state index contributed by atoms with van der Waals surface area (Å²) in [5.41, 5.74) is 1.69. The number of amides is 2. The molecule has 4 nitrogen and oxygen atoms in total. The standard InChI is InChI=1S/C21H28N2O2/c24-20-9-3-4-14-22(20)18-12-10-17(11-13-18)21(25)23-15-5-7-16-6-1-2-8-19(16)23/h10-13,16,19H,1-9,14-15H2/t16-,19+/m1/s1. The van der Waals surface area contributed by atoms with E-state index in [1.165, 1.54) is 25.7 Å². The van der Waals surface area contributed by atoms with E-state index in [-0.39, 0.29) is 11.8 Å². The van der Waals surface area contributed by atoms with Crippen molar-refractivity contribution in [3.05, 3.63) is 29.8 Å². The molecule has 2 atom stereocenters. The summed E-state index contributed by atoms with van der Waals surface area (Å²) in [5.74, 6) is 1.08. The van der Waals surface area contributed by atoms with Crippen LogP contribution < -0.4 is 4.90 Å². The van der Waals surface area contributed by atoms with Crippen molar-refractivity contribution in [2.45, 2.75) is 63.8 Å². The Morgan fingerprint density at radius 2 is 1.64 bits per heavy atom. The summed E-state index contributed by atoms with van der Waals surface area (Å²) in [6.07, 6.45) is 10.1. The maximum absolute atomic E-state index is 13.1. The van der Waals surface area contributed by atoms with E-state index in [4.69, 9.17) is 0 Å². The zero-order valence-electron chi connectivity index (χ0n) is 15.0. The Hall–Kier alpha value is -1.84. The predicted octanol–water partition coefficient (Wildman–Crippen LogP) is 4.00. The lowest BCUT2D eigenvalue weighted by atomic mass is 9.78. The zero-order chi connectivity index (χ0) is 17.2. The highest BCUT2D eigenvalue weighted by molar-refractivity contribution is 5.97. The molecule has 134 valence electrons. The van der Waals surface area contributed by atoms with Crippen molar-refractivity contribution in [3.8, 4) is 0 Å². The average molecular weight is 340 g/mol. The van der Waals surface area contributed by atoms with Crippen molar-refractivity contribution in [1.82, 2.24) is 4.90 Å². The van der Waals surface area contributed by atoms with E-state index in [2.05, 4.69) is 4.90 Å². The Morgan fingerprint density at radius 3 is 2.44 bits per heavy atom. The first-order chi connectivity index (χ1) is 12.2. The molecule has 4 rings (SSSR count). The van der Waals surface area contributed by atoms with Gasteiger partial charge < -0.3 is 9.80 Å². The largest absolute Gasteiger partial charge is 0.335 e. The number of fused-ring (bicyclic) bond motifs is 1. The maximum Gasteiger partial charge on any atom is 0.254 e. The second-order valence-corrected chi connectivity index (χ2v) is 7.80. The van der Waals surface area contributed by atoms with Gasteiger partial charge in [0.05, 0.1) is 0 Å². The third kappa shape index (κ3) is 3.31. The van der Waals surface area contributed by atoms with E-state index in [0.717, 1.165) is 50.0 Å². The molecular weight excluding hydrogens is 312 g/mol. The lowest BCUT2D eigenvalue weighted by molar-refractivity contribution is -0.119. The number of piperidine rings is 2. The highest BCUT2D eigenvalue weighted by Crippen LogP contribution is 2.36. The van der Waals surface area contributed by atoms with Gasteiger partial charge >= 0.3 is 0 Å². The summed E-state index contributed by atoms with van der Waals surface area (Å²) in [5, 5.41) is 0. The lowest BCUT2D eigenvalue weighted by Crippen LogP contribution is -2.49. The molecule has 0 aromatic heterocycles. The van der Waals surface area contributed by atoms with E-state index in [0.29, 0.717) is 18.4 Å². The predicted molar refractivity (Wildman–Crippen MR) is 98.7 cm³/mol. The summed E-state index contributed by atoms with van der Waals surface area (Å²) < 4.78 is 0. The van der Waals surface area contributed by atoms with Crippen molar-refractivity contribution >= 4 is 17.5 Å². The van der Waals surface area contributed by atoms with Gasteiger partial charge in [-0.15, -0.1) is 0 Å². The quantitative estimate of drug-likeness (QED) is 0.816. The van der Waals surface area contributed by atoms with Crippen LogP contribution in [-0.2, 0) is 4.79 Å². The number of anilines is 1. The maximum atomic E-state index is 13.1. The Kier molecular flexibility index (Phi) is 4.78. The van der Waals surface area contributed by atoms with Gasteiger partial charge in [0, 0.05) is 36.8 Å². The van der Waals surface area contributed by atoms with Crippen LogP contribution >= 0.6 is 0 Å². The van der Waals surface area contributed by atoms with Crippen molar-refractivity contribution < 1.29 is 9.59 Å². The molecule has 1 saturated carbocycles. The van der Waals surface area contributed by atoms with Gasteiger partial charge in [0.2, 0.25) is 5.91 Å². The lowest BCUT2D eigenvalue weighted by Gasteiger charge is -2.44. The van der Waals surface area contributed by atoms with Gasteiger partial charge in [0.1, 0.15) is 0 Å². The molecule has 3 aliphatic rings.